The van der Waals surface area contributed by atoms with E-state index in [1.807, 2.05) is 6.07 Å². The molecule has 1 fully saturated rings. The van der Waals surface area contributed by atoms with Gasteiger partial charge in [-0.3, -0.25) is 4.99 Å². The lowest BCUT2D eigenvalue weighted by molar-refractivity contribution is -0.132. The van der Waals surface area contributed by atoms with Crippen molar-refractivity contribution < 1.29 is 13.2 Å². The highest BCUT2D eigenvalue weighted by Gasteiger charge is 2.27. The zero-order valence-electron chi connectivity index (χ0n) is 13.9. The number of alkyl halides is 3. The molecule has 1 aliphatic heterocycles. The summed E-state index contributed by atoms with van der Waals surface area (Å²) in [5.74, 6) is 1.20. The van der Waals surface area contributed by atoms with E-state index in [0.29, 0.717) is 11.9 Å². The molecule has 0 spiro atoms. The third-order valence-electron chi connectivity index (χ3n) is 4.18. The van der Waals surface area contributed by atoms with E-state index < -0.39 is 12.6 Å². The van der Waals surface area contributed by atoms with Crippen molar-refractivity contribution in [1.82, 2.24) is 10.2 Å². The summed E-state index contributed by atoms with van der Waals surface area (Å²) in [6.07, 6.45) is -1.83. The molecule has 7 heteroatoms. The Hall–Kier alpha value is -0.990. The van der Waals surface area contributed by atoms with E-state index in [1.54, 1.807) is 7.05 Å². The molecule has 0 aliphatic carbocycles. The van der Waals surface area contributed by atoms with Gasteiger partial charge in [0.15, 0.2) is 5.96 Å². The minimum absolute atomic E-state index is 0. The van der Waals surface area contributed by atoms with Crippen molar-refractivity contribution in [1.29, 1.82) is 0 Å². The van der Waals surface area contributed by atoms with Crippen LogP contribution in [0.25, 0.3) is 0 Å². The molecule has 2 rings (SSSR count). The van der Waals surface area contributed by atoms with Gasteiger partial charge < -0.3 is 10.2 Å². The number of halogens is 4. The summed E-state index contributed by atoms with van der Waals surface area (Å²) in [6.45, 7) is 1.55. The number of likely N-dealkylation sites (tertiary alicyclic amines) is 1. The molecule has 0 radical (unpaired) electrons. The van der Waals surface area contributed by atoms with Crippen molar-refractivity contribution in [2.24, 2.45) is 10.9 Å². The third-order valence-corrected chi connectivity index (χ3v) is 4.18. The van der Waals surface area contributed by atoms with E-state index in [9.17, 15) is 13.2 Å². The van der Waals surface area contributed by atoms with Crippen molar-refractivity contribution in [3.05, 3.63) is 35.9 Å². The molecule has 1 aliphatic rings. The maximum Gasteiger partial charge on any atom is 0.390 e. The molecule has 0 amide bonds. The summed E-state index contributed by atoms with van der Waals surface area (Å²) in [5.41, 5.74) is 1.35. The molecule has 1 aromatic carbocycles. The number of aliphatic imine (C=N–C) groups is 1. The van der Waals surface area contributed by atoms with E-state index in [0.717, 1.165) is 32.4 Å². The molecule has 136 valence electrons. The number of hydrogen-bond donors (Lipinski definition) is 1. The number of rotatable bonds is 4. The molecule has 1 saturated heterocycles. The van der Waals surface area contributed by atoms with Crippen molar-refractivity contribution in [3.63, 3.8) is 0 Å². The first-order valence-electron chi connectivity index (χ1n) is 8.04. The Labute approximate surface area is 158 Å². The Bertz CT molecular complexity index is 498. The predicted octanol–water partition coefficient (Wildman–Crippen LogP) is 4.09. The van der Waals surface area contributed by atoms with Crippen LogP contribution in [-0.2, 0) is 6.42 Å². The van der Waals surface area contributed by atoms with Gasteiger partial charge in [0.25, 0.3) is 0 Å². The summed E-state index contributed by atoms with van der Waals surface area (Å²) in [6, 6.07) is 10.4. The second-order valence-corrected chi connectivity index (χ2v) is 5.96. The second kappa shape index (κ2) is 10.1. The number of guanidine groups is 1. The maximum atomic E-state index is 12.2. The number of piperidine rings is 1. The smallest absolute Gasteiger partial charge is 0.356 e. The molecule has 1 heterocycles. The molecule has 24 heavy (non-hydrogen) atoms. The normalized spacial score (nSPS) is 16.7. The molecule has 0 saturated carbocycles. The van der Waals surface area contributed by atoms with Gasteiger partial charge in [-0.2, -0.15) is 13.2 Å². The second-order valence-electron chi connectivity index (χ2n) is 5.96. The Morgan fingerprint density at radius 2 is 1.83 bits per heavy atom. The van der Waals surface area contributed by atoms with Crippen LogP contribution in [0.3, 0.4) is 0 Å². The average molecular weight is 455 g/mol. The van der Waals surface area contributed by atoms with Crippen LogP contribution in [0, 0.1) is 5.92 Å². The minimum Gasteiger partial charge on any atom is -0.356 e. The number of hydrogen-bond acceptors (Lipinski definition) is 1. The number of benzene rings is 1. The first-order valence-corrected chi connectivity index (χ1v) is 8.04. The fourth-order valence-electron chi connectivity index (χ4n) is 2.94. The highest BCUT2D eigenvalue weighted by Crippen LogP contribution is 2.22. The lowest BCUT2D eigenvalue weighted by atomic mass is 9.90. The molecule has 0 unspecified atom stereocenters. The van der Waals surface area contributed by atoms with E-state index in [-0.39, 0.29) is 30.5 Å². The summed E-state index contributed by atoms with van der Waals surface area (Å²) < 4.78 is 36.7. The zero-order valence-corrected chi connectivity index (χ0v) is 16.2. The molecule has 1 N–H and O–H groups in total. The Morgan fingerprint density at radius 3 is 2.38 bits per heavy atom. The van der Waals surface area contributed by atoms with Crippen LogP contribution in [-0.4, -0.2) is 43.7 Å². The predicted molar refractivity (Wildman–Crippen MR) is 102 cm³/mol. The van der Waals surface area contributed by atoms with E-state index in [4.69, 9.17) is 0 Å². The molecular weight excluding hydrogens is 430 g/mol. The molecule has 0 aromatic heterocycles. The van der Waals surface area contributed by atoms with Gasteiger partial charge in [0.05, 0.1) is 6.42 Å². The van der Waals surface area contributed by atoms with Gasteiger partial charge in [-0.15, -0.1) is 24.0 Å². The summed E-state index contributed by atoms with van der Waals surface area (Å²) >= 11 is 0. The van der Waals surface area contributed by atoms with E-state index >= 15 is 0 Å². The van der Waals surface area contributed by atoms with Gasteiger partial charge in [0.1, 0.15) is 0 Å². The Balaban J connectivity index is 0.00000288. The van der Waals surface area contributed by atoms with Crippen LogP contribution in [0.15, 0.2) is 35.3 Å². The Morgan fingerprint density at radius 1 is 1.21 bits per heavy atom. The van der Waals surface area contributed by atoms with Gasteiger partial charge in [-0.25, -0.2) is 0 Å². The minimum atomic E-state index is -4.13. The standard InChI is InChI=1S/C17H24F3N3.HI/c1-21-16(22-10-9-17(18,19)20)23-11-7-15(8-12-23)13-14-5-3-2-4-6-14;/h2-6,15H,7-13H2,1H3,(H,21,22);1H. The third kappa shape index (κ3) is 7.27. The van der Waals surface area contributed by atoms with Crippen LogP contribution < -0.4 is 5.32 Å². The van der Waals surface area contributed by atoms with Crippen LogP contribution in [0.2, 0.25) is 0 Å². The fraction of sp³-hybridized carbons (Fsp3) is 0.588. The van der Waals surface area contributed by atoms with Crippen LogP contribution in [0.1, 0.15) is 24.8 Å². The lowest BCUT2D eigenvalue weighted by Gasteiger charge is -2.34. The highest BCUT2D eigenvalue weighted by molar-refractivity contribution is 14.0. The van der Waals surface area contributed by atoms with Gasteiger partial charge in [-0.1, -0.05) is 30.3 Å². The van der Waals surface area contributed by atoms with Crippen LogP contribution in [0.5, 0.6) is 0 Å². The first-order chi connectivity index (χ1) is 11.0. The van der Waals surface area contributed by atoms with Gasteiger partial charge >= 0.3 is 6.18 Å². The maximum absolute atomic E-state index is 12.2. The number of nitrogens with zero attached hydrogens (tertiary/aromatic N) is 2. The van der Waals surface area contributed by atoms with Gasteiger partial charge in [-0.05, 0) is 30.7 Å². The summed E-state index contributed by atoms with van der Waals surface area (Å²) in [5, 5.41) is 2.82. The van der Waals surface area contributed by atoms with Gasteiger partial charge in [0.2, 0.25) is 0 Å². The first kappa shape index (κ1) is 21.1. The monoisotopic (exact) mass is 455 g/mol. The van der Waals surface area contributed by atoms with Crippen molar-refractivity contribution in [2.45, 2.75) is 31.9 Å². The quantitative estimate of drug-likeness (QED) is 0.421. The molecule has 0 atom stereocenters. The molecule has 3 nitrogen and oxygen atoms in total. The zero-order chi connectivity index (χ0) is 16.7. The van der Waals surface area contributed by atoms with Crippen molar-refractivity contribution in [2.75, 3.05) is 26.7 Å². The van der Waals surface area contributed by atoms with E-state index in [2.05, 4.69) is 39.5 Å². The van der Waals surface area contributed by atoms with E-state index in [1.165, 1.54) is 5.56 Å². The topological polar surface area (TPSA) is 27.6 Å². The largest absolute Gasteiger partial charge is 0.390 e. The van der Waals surface area contributed by atoms with Gasteiger partial charge in [0, 0.05) is 26.7 Å². The van der Waals surface area contributed by atoms with Crippen molar-refractivity contribution in [3.8, 4) is 0 Å². The van der Waals surface area contributed by atoms with Crippen LogP contribution in [0.4, 0.5) is 13.2 Å². The molecule has 1 aromatic rings. The summed E-state index contributed by atoms with van der Waals surface area (Å²) in [4.78, 5) is 6.16. The Kier molecular flexibility index (Phi) is 8.86. The lowest BCUT2D eigenvalue weighted by Crippen LogP contribution is -2.46. The van der Waals surface area contributed by atoms with Crippen LogP contribution >= 0.6 is 24.0 Å². The molecule has 0 bridgehead atoms. The highest BCUT2D eigenvalue weighted by atomic mass is 127. The number of nitrogens with one attached hydrogen (secondary N) is 1. The average Bonchev–Trinajstić information content (AvgIpc) is 2.53. The molecular formula is C17H25F3IN3. The van der Waals surface area contributed by atoms with Crippen molar-refractivity contribution >= 4 is 29.9 Å². The summed E-state index contributed by atoms with van der Waals surface area (Å²) in [7, 11) is 1.62. The SMILES string of the molecule is CN=C(NCCC(F)(F)F)N1CCC(Cc2ccccc2)CC1.I. The fourth-order valence-corrected chi connectivity index (χ4v) is 2.94.